The van der Waals surface area contributed by atoms with Crippen molar-refractivity contribution in [1.29, 1.82) is 0 Å². The topological polar surface area (TPSA) is 39.8 Å². The Morgan fingerprint density at radius 1 is 1.21 bits per heavy atom. The number of para-hydroxylation sites is 1. The molecule has 1 aromatic carbocycles. The number of anilines is 1. The van der Waals surface area contributed by atoms with Crippen LogP contribution in [0.15, 0.2) is 42.7 Å². The number of hydrogen-bond acceptors (Lipinski definition) is 5. The maximum atomic E-state index is 4.93. The molecule has 0 fully saturated rings. The predicted molar refractivity (Wildman–Crippen MR) is 53.0 cm³/mol. The Labute approximate surface area is 82.4 Å². The first kappa shape index (κ1) is 8.86. The van der Waals surface area contributed by atoms with Crippen molar-refractivity contribution in [3.05, 3.63) is 42.7 Å². The number of hydroxylamine groups is 1. The van der Waals surface area contributed by atoms with E-state index in [-0.39, 0.29) is 0 Å². The van der Waals surface area contributed by atoms with Crippen molar-refractivity contribution in [2.75, 3.05) is 12.5 Å². The minimum Gasteiger partial charge on any atom is -0.283 e. The molecule has 0 bridgehead atoms. The molecule has 74 valence electrons. The maximum Gasteiger partial charge on any atom is 0.0677 e. The standard InChI is InChI=1S/C9H12N4O/c1-14-13-8-7-12(11-13)10-9-5-3-2-4-6-9/h2-8,10-11H,1H3. The number of rotatable bonds is 3. The Morgan fingerprint density at radius 2 is 2.00 bits per heavy atom. The fourth-order valence-corrected chi connectivity index (χ4v) is 1.12. The van der Waals surface area contributed by atoms with Crippen molar-refractivity contribution in [3.8, 4) is 0 Å². The van der Waals surface area contributed by atoms with E-state index in [1.54, 1.807) is 18.4 Å². The lowest BCUT2D eigenvalue weighted by molar-refractivity contribution is -0.149. The van der Waals surface area contributed by atoms with Crippen molar-refractivity contribution in [3.63, 3.8) is 0 Å². The molecule has 0 saturated carbocycles. The second kappa shape index (κ2) is 3.99. The van der Waals surface area contributed by atoms with Gasteiger partial charge in [0.1, 0.15) is 0 Å². The van der Waals surface area contributed by atoms with E-state index >= 15 is 0 Å². The lowest BCUT2D eigenvalue weighted by Gasteiger charge is -2.21. The summed E-state index contributed by atoms with van der Waals surface area (Å²) < 4.78 is 0. The summed E-state index contributed by atoms with van der Waals surface area (Å²) in [6.45, 7) is 0. The van der Waals surface area contributed by atoms with Gasteiger partial charge < -0.3 is 0 Å². The summed E-state index contributed by atoms with van der Waals surface area (Å²) in [5, 5.41) is 3.18. The van der Waals surface area contributed by atoms with Crippen LogP contribution in [-0.2, 0) is 4.84 Å². The van der Waals surface area contributed by atoms with Gasteiger partial charge in [0.2, 0.25) is 0 Å². The van der Waals surface area contributed by atoms with Gasteiger partial charge in [-0.3, -0.25) is 10.3 Å². The third kappa shape index (κ3) is 1.95. The van der Waals surface area contributed by atoms with Gasteiger partial charge in [-0.2, -0.15) is 5.17 Å². The van der Waals surface area contributed by atoms with Gasteiger partial charge in [0.15, 0.2) is 0 Å². The lowest BCUT2D eigenvalue weighted by Crippen LogP contribution is -2.41. The Bertz CT molecular complexity index is 314. The molecule has 0 radical (unpaired) electrons. The highest BCUT2D eigenvalue weighted by atomic mass is 16.7. The van der Waals surface area contributed by atoms with Crippen LogP contribution in [0.4, 0.5) is 5.69 Å². The van der Waals surface area contributed by atoms with Gasteiger partial charge in [0.05, 0.1) is 25.2 Å². The summed E-state index contributed by atoms with van der Waals surface area (Å²) in [6.07, 6.45) is 3.58. The van der Waals surface area contributed by atoms with Crippen molar-refractivity contribution < 1.29 is 4.84 Å². The average molecular weight is 192 g/mol. The third-order valence-corrected chi connectivity index (χ3v) is 1.78. The number of nitrogens with one attached hydrogen (secondary N) is 2. The van der Waals surface area contributed by atoms with Crippen LogP contribution in [0.1, 0.15) is 0 Å². The van der Waals surface area contributed by atoms with Gasteiger partial charge in [-0.1, -0.05) is 18.2 Å². The quantitative estimate of drug-likeness (QED) is 0.750. The summed E-state index contributed by atoms with van der Waals surface area (Å²) in [5.41, 5.74) is 7.03. The van der Waals surface area contributed by atoms with Crippen LogP contribution in [0, 0.1) is 0 Å². The predicted octanol–water partition coefficient (Wildman–Crippen LogP) is 1.08. The molecule has 1 heterocycles. The number of benzene rings is 1. The molecule has 0 aromatic heterocycles. The largest absolute Gasteiger partial charge is 0.283 e. The van der Waals surface area contributed by atoms with Gasteiger partial charge in [0.25, 0.3) is 0 Å². The highest BCUT2D eigenvalue weighted by molar-refractivity contribution is 5.41. The van der Waals surface area contributed by atoms with E-state index < -0.39 is 0 Å². The minimum atomic E-state index is 1.00. The van der Waals surface area contributed by atoms with E-state index in [0.717, 1.165) is 5.69 Å². The summed E-state index contributed by atoms with van der Waals surface area (Å²) >= 11 is 0. The first-order valence-corrected chi connectivity index (χ1v) is 4.27. The zero-order chi connectivity index (χ0) is 9.80. The monoisotopic (exact) mass is 192 g/mol. The zero-order valence-corrected chi connectivity index (χ0v) is 7.84. The van der Waals surface area contributed by atoms with Crippen LogP contribution in [0.25, 0.3) is 0 Å². The first-order chi connectivity index (χ1) is 6.88. The molecule has 0 unspecified atom stereocenters. The normalized spacial score (nSPS) is 14.9. The molecule has 2 rings (SSSR count). The van der Waals surface area contributed by atoms with E-state index in [1.807, 2.05) is 36.5 Å². The molecule has 2 N–H and O–H groups in total. The van der Waals surface area contributed by atoms with E-state index in [1.165, 1.54) is 5.17 Å². The Balaban J connectivity index is 1.92. The second-order valence-electron chi connectivity index (χ2n) is 2.75. The van der Waals surface area contributed by atoms with E-state index in [2.05, 4.69) is 11.0 Å². The smallest absolute Gasteiger partial charge is 0.0677 e. The van der Waals surface area contributed by atoms with E-state index in [4.69, 9.17) is 4.84 Å². The Kier molecular flexibility index (Phi) is 2.53. The summed E-state index contributed by atoms with van der Waals surface area (Å²) in [4.78, 5) is 4.93. The molecule has 0 saturated heterocycles. The molecular weight excluding hydrogens is 180 g/mol. The number of nitrogens with zero attached hydrogens (tertiary/aromatic N) is 2. The average Bonchev–Trinajstić information content (AvgIpc) is 2.67. The molecule has 5 nitrogen and oxygen atoms in total. The van der Waals surface area contributed by atoms with Crippen molar-refractivity contribution >= 4 is 5.69 Å². The molecule has 1 aliphatic heterocycles. The minimum absolute atomic E-state index is 1.00. The Morgan fingerprint density at radius 3 is 2.64 bits per heavy atom. The maximum absolute atomic E-state index is 4.93. The van der Waals surface area contributed by atoms with Gasteiger partial charge in [-0.05, 0) is 12.1 Å². The summed E-state index contributed by atoms with van der Waals surface area (Å²) in [6, 6.07) is 9.86. The molecule has 0 amide bonds. The molecule has 1 aromatic rings. The van der Waals surface area contributed by atoms with Crippen LogP contribution in [0.2, 0.25) is 0 Å². The molecule has 0 spiro atoms. The molecule has 5 heteroatoms. The number of hydrogen-bond donors (Lipinski definition) is 2. The molecule has 0 atom stereocenters. The van der Waals surface area contributed by atoms with Crippen molar-refractivity contribution in [1.82, 2.24) is 15.8 Å². The molecule has 1 aliphatic rings. The lowest BCUT2D eigenvalue weighted by atomic mass is 10.3. The first-order valence-electron chi connectivity index (χ1n) is 4.27. The zero-order valence-electron chi connectivity index (χ0n) is 7.84. The fraction of sp³-hybridized carbons (Fsp3) is 0.111. The number of hydrazine groups is 3. The van der Waals surface area contributed by atoms with Crippen LogP contribution in [-0.4, -0.2) is 17.4 Å². The molecular formula is C9H12N4O. The SMILES string of the molecule is CON1C=CN(Nc2ccccc2)N1. The Hall–Kier alpha value is -1.72. The van der Waals surface area contributed by atoms with Crippen molar-refractivity contribution in [2.24, 2.45) is 0 Å². The van der Waals surface area contributed by atoms with Gasteiger partial charge in [-0.25, -0.2) is 5.12 Å². The molecule has 14 heavy (non-hydrogen) atoms. The second-order valence-corrected chi connectivity index (χ2v) is 2.75. The molecule has 0 aliphatic carbocycles. The van der Waals surface area contributed by atoms with E-state index in [9.17, 15) is 0 Å². The third-order valence-electron chi connectivity index (χ3n) is 1.78. The van der Waals surface area contributed by atoms with Crippen LogP contribution < -0.4 is 11.0 Å². The highest BCUT2D eigenvalue weighted by Crippen LogP contribution is 2.08. The van der Waals surface area contributed by atoms with Crippen LogP contribution in [0.5, 0.6) is 0 Å². The van der Waals surface area contributed by atoms with Crippen LogP contribution >= 0.6 is 0 Å². The fourth-order valence-electron chi connectivity index (χ4n) is 1.12. The van der Waals surface area contributed by atoms with Crippen LogP contribution in [0.3, 0.4) is 0 Å². The van der Waals surface area contributed by atoms with Crippen molar-refractivity contribution in [2.45, 2.75) is 0 Å². The summed E-state index contributed by atoms with van der Waals surface area (Å²) in [7, 11) is 1.59. The van der Waals surface area contributed by atoms with Gasteiger partial charge >= 0.3 is 0 Å². The van der Waals surface area contributed by atoms with Gasteiger partial charge in [-0.15, -0.1) is 5.53 Å². The van der Waals surface area contributed by atoms with E-state index in [0.29, 0.717) is 0 Å². The van der Waals surface area contributed by atoms with Gasteiger partial charge in [0, 0.05) is 0 Å². The summed E-state index contributed by atoms with van der Waals surface area (Å²) in [5.74, 6) is 0. The highest BCUT2D eigenvalue weighted by Gasteiger charge is 2.09.